The van der Waals surface area contributed by atoms with Crippen molar-refractivity contribution in [2.75, 3.05) is 11.6 Å². The standard InChI is InChI=1S/C32H28N4O4S/c1-21-29(34-28-10-6-9-27(33-28)24-7-4-3-5-8-24)30(40-35-21)25-13-11-22(12-14-25)23-15-17-26(18-16-23)32(19-20-32)31(37)36-41(2,38)39/h3-18H,19-20H2,1-2H3,(H,33,34)(H,36,37). The molecule has 0 atom stereocenters. The Morgan fingerprint density at radius 1 is 0.805 bits per heavy atom. The summed E-state index contributed by atoms with van der Waals surface area (Å²) in [5.74, 6) is 0.837. The molecule has 1 aliphatic carbocycles. The number of nitrogens with one attached hydrogen (secondary N) is 2. The maximum Gasteiger partial charge on any atom is 0.244 e. The van der Waals surface area contributed by atoms with Crippen LogP contribution in [0, 0.1) is 6.92 Å². The van der Waals surface area contributed by atoms with Gasteiger partial charge in [-0.2, -0.15) is 0 Å². The van der Waals surface area contributed by atoms with Gasteiger partial charge in [0.2, 0.25) is 15.9 Å². The van der Waals surface area contributed by atoms with E-state index in [0.29, 0.717) is 24.4 Å². The third kappa shape index (κ3) is 5.49. The molecule has 0 spiro atoms. The van der Waals surface area contributed by atoms with E-state index < -0.39 is 21.3 Å². The van der Waals surface area contributed by atoms with Gasteiger partial charge in [-0.05, 0) is 48.6 Å². The van der Waals surface area contributed by atoms with E-state index in [0.717, 1.165) is 51.1 Å². The van der Waals surface area contributed by atoms with Crippen molar-refractivity contribution < 1.29 is 17.7 Å². The molecule has 5 aromatic rings. The van der Waals surface area contributed by atoms with Crippen LogP contribution in [0.3, 0.4) is 0 Å². The summed E-state index contributed by atoms with van der Waals surface area (Å²) in [5, 5.41) is 7.58. The molecule has 0 unspecified atom stereocenters. The molecule has 0 radical (unpaired) electrons. The zero-order valence-corrected chi connectivity index (χ0v) is 23.4. The summed E-state index contributed by atoms with van der Waals surface area (Å²) in [7, 11) is -3.61. The second kappa shape index (κ2) is 10.3. The molecule has 9 heteroatoms. The molecule has 2 heterocycles. The van der Waals surface area contributed by atoms with Crippen LogP contribution < -0.4 is 10.0 Å². The summed E-state index contributed by atoms with van der Waals surface area (Å²) in [5.41, 5.74) is 6.26. The molecule has 1 amide bonds. The number of pyridine rings is 1. The zero-order chi connectivity index (χ0) is 28.6. The van der Waals surface area contributed by atoms with E-state index in [1.165, 1.54) is 0 Å². The Labute approximate surface area is 238 Å². The summed E-state index contributed by atoms with van der Waals surface area (Å²) < 4.78 is 30.9. The second-order valence-electron chi connectivity index (χ2n) is 10.3. The molecule has 1 saturated carbocycles. The van der Waals surface area contributed by atoms with Crippen LogP contribution >= 0.6 is 0 Å². The average molecular weight is 565 g/mol. The van der Waals surface area contributed by atoms with Gasteiger partial charge in [-0.3, -0.25) is 9.52 Å². The van der Waals surface area contributed by atoms with Gasteiger partial charge in [-0.15, -0.1) is 0 Å². The fraction of sp³-hybridized carbons (Fsp3) is 0.156. The van der Waals surface area contributed by atoms with Gasteiger partial charge in [0.25, 0.3) is 0 Å². The molecular weight excluding hydrogens is 536 g/mol. The summed E-state index contributed by atoms with van der Waals surface area (Å²) >= 11 is 0. The van der Waals surface area contributed by atoms with Crippen molar-refractivity contribution in [1.29, 1.82) is 0 Å². The maximum atomic E-state index is 12.6. The highest BCUT2D eigenvalue weighted by Gasteiger charge is 2.52. The molecule has 0 saturated heterocycles. The van der Waals surface area contributed by atoms with Gasteiger partial charge in [0, 0.05) is 11.1 Å². The molecule has 8 nitrogen and oxygen atoms in total. The van der Waals surface area contributed by atoms with Crippen LogP contribution in [0.15, 0.2) is 102 Å². The van der Waals surface area contributed by atoms with Crippen molar-refractivity contribution >= 4 is 27.4 Å². The molecular formula is C32H28N4O4S. The van der Waals surface area contributed by atoms with Gasteiger partial charge >= 0.3 is 0 Å². The van der Waals surface area contributed by atoms with E-state index >= 15 is 0 Å². The number of carbonyl (C=O) groups excluding carboxylic acids is 1. The molecule has 0 aliphatic heterocycles. The van der Waals surface area contributed by atoms with Crippen molar-refractivity contribution in [3.05, 3.63) is 108 Å². The third-order valence-corrected chi connectivity index (χ3v) is 7.87. The second-order valence-corrected chi connectivity index (χ2v) is 12.1. The molecule has 3 aromatic carbocycles. The first-order valence-electron chi connectivity index (χ1n) is 13.2. The van der Waals surface area contributed by atoms with E-state index in [2.05, 4.69) is 15.2 Å². The molecule has 41 heavy (non-hydrogen) atoms. The number of aromatic nitrogens is 2. The van der Waals surface area contributed by atoms with E-state index in [1.807, 2.05) is 104 Å². The molecule has 206 valence electrons. The minimum atomic E-state index is -3.61. The Morgan fingerprint density at radius 3 is 2.07 bits per heavy atom. The average Bonchev–Trinajstić information content (AvgIpc) is 3.72. The number of hydrogen-bond donors (Lipinski definition) is 2. The third-order valence-electron chi connectivity index (χ3n) is 7.32. The Balaban J connectivity index is 1.21. The zero-order valence-electron chi connectivity index (χ0n) is 22.6. The predicted molar refractivity (Wildman–Crippen MR) is 159 cm³/mol. The van der Waals surface area contributed by atoms with Crippen molar-refractivity contribution in [2.45, 2.75) is 25.2 Å². The molecule has 1 aliphatic rings. The lowest BCUT2D eigenvalue weighted by Gasteiger charge is -2.15. The first-order valence-corrected chi connectivity index (χ1v) is 15.1. The molecule has 2 aromatic heterocycles. The summed E-state index contributed by atoms with van der Waals surface area (Å²) in [4.78, 5) is 17.4. The highest BCUT2D eigenvalue weighted by Crippen LogP contribution is 2.49. The molecule has 6 rings (SSSR count). The summed E-state index contributed by atoms with van der Waals surface area (Å²) in [6.45, 7) is 1.88. The Hall–Kier alpha value is -4.76. The Kier molecular flexibility index (Phi) is 6.67. The van der Waals surface area contributed by atoms with Crippen LogP contribution in [0.4, 0.5) is 11.5 Å². The van der Waals surface area contributed by atoms with Crippen LogP contribution in [0.2, 0.25) is 0 Å². The van der Waals surface area contributed by atoms with Gasteiger partial charge < -0.3 is 9.84 Å². The number of rotatable bonds is 8. The highest BCUT2D eigenvalue weighted by molar-refractivity contribution is 7.89. The van der Waals surface area contributed by atoms with E-state index in [-0.39, 0.29) is 0 Å². The lowest BCUT2D eigenvalue weighted by Crippen LogP contribution is -2.38. The van der Waals surface area contributed by atoms with E-state index in [9.17, 15) is 13.2 Å². The minimum absolute atomic E-state index is 0.467. The van der Waals surface area contributed by atoms with Crippen LogP contribution in [-0.4, -0.2) is 30.7 Å². The van der Waals surface area contributed by atoms with Crippen LogP contribution in [0.5, 0.6) is 0 Å². The topological polar surface area (TPSA) is 114 Å². The van der Waals surface area contributed by atoms with Crippen LogP contribution in [0.1, 0.15) is 24.1 Å². The van der Waals surface area contributed by atoms with Crippen molar-refractivity contribution in [2.24, 2.45) is 0 Å². The van der Waals surface area contributed by atoms with Crippen molar-refractivity contribution in [1.82, 2.24) is 14.9 Å². The fourth-order valence-corrected chi connectivity index (χ4v) is 5.48. The smallest absolute Gasteiger partial charge is 0.244 e. The number of benzene rings is 3. The van der Waals surface area contributed by atoms with Crippen molar-refractivity contribution in [3.63, 3.8) is 0 Å². The van der Waals surface area contributed by atoms with Gasteiger partial charge in [0.05, 0.1) is 17.4 Å². The van der Waals surface area contributed by atoms with E-state index in [1.54, 1.807) is 0 Å². The van der Waals surface area contributed by atoms with E-state index in [4.69, 9.17) is 9.51 Å². The Bertz CT molecular complexity index is 1830. The summed E-state index contributed by atoms with van der Waals surface area (Å²) in [6, 6.07) is 31.5. The summed E-state index contributed by atoms with van der Waals surface area (Å²) in [6.07, 6.45) is 2.25. The quantitative estimate of drug-likeness (QED) is 0.230. The predicted octanol–water partition coefficient (Wildman–Crippen LogP) is 6.23. The molecule has 1 fully saturated rings. The van der Waals surface area contributed by atoms with Crippen molar-refractivity contribution in [3.8, 4) is 33.7 Å². The minimum Gasteiger partial charge on any atom is -0.354 e. The first-order chi connectivity index (χ1) is 19.7. The number of anilines is 2. The SMILES string of the molecule is Cc1noc(-c2ccc(-c3ccc(C4(C(=O)NS(C)(=O)=O)CC4)cc3)cc2)c1Nc1cccc(-c2ccccc2)n1. The van der Waals surface area contributed by atoms with Crippen LogP contribution in [0.25, 0.3) is 33.7 Å². The number of aryl methyl sites for hydroxylation is 1. The fourth-order valence-electron chi connectivity index (χ4n) is 4.95. The Morgan fingerprint density at radius 2 is 1.44 bits per heavy atom. The monoisotopic (exact) mass is 564 g/mol. The largest absolute Gasteiger partial charge is 0.354 e. The van der Waals surface area contributed by atoms with Gasteiger partial charge in [-0.1, -0.05) is 90.1 Å². The van der Waals surface area contributed by atoms with Gasteiger partial charge in [0.1, 0.15) is 17.2 Å². The van der Waals surface area contributed by atoms with Crippen LogP contribution in [-0.2, 0) is 20.2 Å². The number of carbonyl (C=O) groups is 1. The lowest BCUT2D eigenvalue weighted by molar-refractivity contribution is -0.121. The first kappa shape index (κ1) is 26.5. The maximum absolute atomic E-state index is 12.6. The highest BCUT2D eigenvalue weighted by atomic mass is 32.2. The van der Waals surface area contributed by atoms with Gasteiger partial charge in [-0.25, -0.2) is 13.4 Å². The van der Waals surface area contributed by atoms with Gasteiger partial charge in [0.15, 0.2) is 5.76 Å². The molecule has 2 N–H and O–H groups in total. The number of sulfonamides is 1. The number of amides is 1. The molecule has 0 bridgehead atoms. The number of nitrogens with zero attached hydrogens (tertiary/aromatic N) is 2. The number of hydrogen-bond acceptors (Lipinski definition) is 7. The normalized spacial score (nSPS) is 13.9. The lowest BCUT2D eigenvalue weighted by atomic mass is 9.93.